The smallest absolute Gasteiger partial charge is 0.261 e. The van der Waals surface area contributed by atoms with E-state index in [1.54, 1.807) is 0 Å². The van der Waals surface area contributed by atoms with Crippen LogP contribution in [-0.4, -0.2) is 10.1 Å². The summed E-state index contributed by atoms with van der Waals surface area (Å²) < 4.78 is 5.67. The lowest BCUT2D eigenvalue weighted by Crippen LogP contribution is -1.88. The van der Waals surface area contributed by atoms with Crippen LogP contribution in [-0.2, 0) is 6.61 Å². The van der Waals surface area contributed by atoms with Gasteiger partial charge in [-0.15, -0.1) is 0 Å². The highest BCUT2D eigenvalue weighted by atomic mass is 32.2. The second-order valence-corrected chi connectivity index (χ2v) is 5.32. The third-order valence-corrected chi connectivity index (χ3v) is 3.80. The fraction of sp³-hybridized carbons (Fsp3) is 0.133. The number of oxazole rings is 1. The number of hydrogen-bond acceptors (Lipinski definition) is 4. The maximum Gasteiger partial charge on any atom is 0.261 e. The Morgan fingerprint density at radius 3 is 2.79 bits per heavy atom. The molecule has 2 aromatic carbocycles. The molecule has 0 aliphatic carbocycles. The van der Waals surface area contributed by atoms with Gasteiger partial charge in [0.25, 0.3) is 5.22 Å². The molecule has 1 aromatic heterocycles. The largest absolute Gasteiger partial charge is 0.431 e. The van der Waals surface area contributed by atoms with Crippen molar-refractivity contribution in [2.75, 3.05) is 0 Å². The molecule has 0 aliphatic heterocycles. The average molecular weight is 271 g/mol. The molecule has 0 atom stereocenters. The van der Waals surface area contributed by atoms with Gasteiger partial charge in [-0.2, -0.15) is 0 Å². The molecule has 1 N–H and O–H groups in total. The Morgan fingerprint density at radius 2 is 2.05 bits per heavy atom. The summed E-state index contributed by atoms with van der Waals surface area (Å²) in [5, 5.41) is 9.79. The minimum atomic E-state index is 0.0691. The van der Waals surface area contributed by atoms with E-state index < -0.39 is 0 Å². The van der Waals surface area contributed by atoms with E-state index in [-0.39, 0.29) is 6.61 Å². The van der Waals surface area contributed by atoms with Crippen molar-refractivity contribution >= 4 is 22.9 Å². The molecule has 0 bridgehead atoms. The van der Waals surface area contributed by atoms with Crippen LogP contribution in [0.2, 0.25) is 0 Å². The van der Waals surface area contributed by atoms with Crippen LogP contribution in [0.5, 0.6) is 0 Å². The van der Waals surface area contributed by atoms with E-state index in [0.29, 0.717) is 5.22 Å². The van der Waals surface area contributed by atoms with Gasteiger partial charge in [0.05, 0.1) is 6.61 Å². The number of fused-ring (bicyclic) bond motifs is 1. The van der Waals surface area contributed by atoms with Crippen LogP contribution in [0.3, 0.4) is 0 Å². The van der Waals surface area contributed by atoms with E-state index in [2.05, 4.69) is 4.98 Å². The van der Waals surface area contributed by atoms with Crippen molar-refractivity contribution in [3.05, 3.63) is 53.6 Å². The number of aromatic nitrogens is 1. The fourth-order valence-electron chi connectivity index (χ4n) is 1.90. The first kappa shape index (κ1) is 12.3. The summed E-state index contributed by atoms with van der Waals surface area (Å²) in [4.78, 5) is 5.48. The molecule has 0 unspecified atom stereocenters. The van der Waals surface area contributed by atoms with Crippen molar-refractivity contribution in [3.8, 4) is 0 Å². The first-order valence-electron chi connectivity index (χ1n) is 6.00. The van der Waals surface area contributed by atoms with E-state index >= 15 is 0 Å². The van der Waals surface area contributed by atoms with Gasteiger partial charge >= 0.3 is 0 Å². The second-order valence-electron chi connectivity index (χ2n) is 4.30. The van der Waals surface area contributed by atoms with Crippen molar-refractivity contribution in [2.45, 2.75) is 23.6 Å². The van der Waals surface area contributed by atoms with Gasteiger partial charge in [0.1, 0.15) is 5.52 Å². The van der Waals surface area contributed by atoms with Gasteiger partial charge in [-0.3, -0.25) is 0 Å². The van der Waals surface area contributed by atoms with Crippen LogP contribution in [0.4, 0.5) is 0 Å². The molecule has 96 valence electrons. The number of nitrogens with zero attached hydrogens (tertiary/aromatic N) is 1. The highest BCUT2D eigenvalue weighted by Gasteiger charge is 2.07. The standard InChI is InChI=1S/C15H13NO2S/c1-10-8-12(7-6-11(10)9-17)19-15-16-13-4-2-3-5-14(13)18-15/h2-8,17H,9H2,1H3. The van der Waals surface area contributed by atoms with Crippen LogP contribution >= 0.6 is 11.8 Å². The summed E-state index contributed by atoms with van der Waals surface area (Å²) in [7, 11) is 0. The zero-order valence-electron chi connectivity index (χ0n) is 10.5. The van der Waals surface area contributed by atoms with E-state index in [9.17, 15) is 0 Å². The summed E-state index contributed by atoms with van der Waals surface area (Å²) in [5.74, 6) is 0. The van der Waals surface area contributed by atoms with Gasteiger partial charge in [-0.1, -0.05) is 18.2 Å². The van der Waals surface area contributed by atoms with Gasteiger partial charge in [0.15, 0.2) is 5.58 Å². The van der Waals surface area contributed by atoms with Crippen LogP contribution in [0.15, 0.2) is 57.0 Å². The molecule has 0 fully saturated rings. The summed E-state index contributed by atoms with van der Waals surface area (Å²) in [6, 6.07) is 13.7. The normalized spacial score (nSPS) is 11.1. The Hall–Kier alpha value is -1.78. The molecule has 0 saturated heterocycles. The van der Waals surface area contributed by atoms with E-state index in [0.717, 1.165) is 27.1 Å². The number of para-hydroxylation sites is 2. The molecule has 3 aromatic rings. The summed E-state index contributed by atoms with van der Waals surface area (Å²) in [6.07, 6.45) is 0. The Kier molecular flexibility index (Phi) is 3.27. The molecule has 3 nitrogen and oxygen atoms in total. The summed E-state index contributed by atoms with van der Waals surface area (Å²) >= 11 is 1.49. The number of aliphatic hydroxyl groups is 1. The van der Waals surface area contributed by atoms with Gasteiger partial charge in [0, 0.05) is 4.90 Å². The Morgan fingerprint density at radius 1 is 1.21 bits per heavy atom. The van der Waals surface area contributed by atoms with Gasteiger partial charge in [0.2, 0.25) is 0 Å². The number of aliphatic hydroxyl groups excluding tert-OH is 1. The molecule has 3 rings (SSSR count). The molecule has 19 heavy (non-hydrogen) atoms. The van der Waals surface area contributed by atoms with Crippen molar-refractivity contribution in [2.24, 2.45) is 0 Å². The number of hydrogen-bond donors (Lipinski definition) is 1. The molecule has 0 saturated carbocycles. The Balaban J connectivity index is 1.90. The SMILES string of the molecule is Cc1cc(Sc2nc3ccccc3o2)ccc1CO. The maximum atomic E-state index is 9.16. The number of aryl methyl sites for hydroxylation is 1. The van der Waals surface area contributed by atoms with Crippen LogP contribution in [0.25, 0.3) is 11.1 Å². The van der Waals surface area contributed by atoms with E-state index in [4.69, 9.17) is 9.52 Å². The predicted molar refractivity (Wildman–Crippen MR) is 75.2 cm³/mol. The lowest BCUT2D eigenvalue weighted by Gasteiger charge is -2.04. The minimum Gasteiger partial charge on any atom is -0.431 e. The zero-order valence-corrected chi connectivity index (χ0v) is 11.3. The molecule has 0 spiro atoms. The van der Waals surface area contributed by atoms with Crippen LogP contribution in [0, 0.1) is 6.92 Å². The van der Waals surface area contributed by atoms with Crippen LogP contribution < -0.4 is 0 Å². The van der Waals surface area contributed by atoms with Crippen LogP contribution in [0.1, 0.15) is 11.1 Å². The zero-order chi connectivity index (χ0) is 13.2. The van der Waals surface area contributed by atoms with E-state index in [1.165, 1.54) is 11.8 Å². The maximum absolute atomic E-state index is 9.16. The Labute approximate surface area is 115 Å². The minimum absolute atomic E-state index is 0.0691. The van der Waals surface area contributed by atoms with Gasteiger partial charge in [-0.25, -0.2) is 4.98 Å². The summed E-state index contributed by atoms with van der Waals surface area (Å²) in [6.45, 7) is 2.06. The third kappa shape index (κ3) is 2.50. The lowest BCUT2D eigenvalue weighted by molar-refractivity contribution is 0.281. The third-order valence-electron chi connectivity index (χ3n) is 2.96. The lowest BCUT2D eigenvalue weighted by atomic mass is 10.1. The fourth-order valence-corrected chi connectivity index (χ4v) is 2.75. The van der Waals surface area contributed by atoms with Crippen molar-refractivity contribution in [1.29, 1.82) is 0 Å². The van der Waals surface area contributed by atoms with Gasteiger partial charge < -0.3 is 9.52 Å². The molecular weight excluding hydrogens is 258 g/mol. The quantitative estimate of drug-likeness (QED) is 0.787. The Bertz CT molecular complexity index is 688. The first-order valence-corrected chi connectivity index (χ1v) is 6.82. The highest BCUT2D eigenvalue weighted by molar-refractivity contribution is 7.99. The van der Waals surface area contributed by atoms with Gasteiger partial charge in [-0.05, 0) is 54.1 Å². The van der Waals surface area contributed by atoms with E-state index in [1.807, 2.05) is 49.4 Å². The predicted octanol–water partition coefficient (Wildman–Crippen LogP) is 3.78. The number of benzene rings is 2. The average Bonchev–Trinajstić information content (AvgIpc) is 2.81. The molecule has 0 radical (unpaired) electrons. The summed E-state index contributed by atoms with van der Waals surface area (Å²) in [5.41, 5.74) is 3.69. The first-order chi connectivity index (χ1) is 9.26. The number of rotatable bonds is 3. The second kappa shape index (κ2) is 5.07. The monoisotopic (exact) mass is 271 g/mol. The molecule has 4 heteroatoms. The molecule has 0 aliphatic rings. The van der Waals surface area contributed by atoms with Crippen molar-refractivity contribution in [1.82, 2.24) is 4.98 Å². The molecule has 0 amide bonds. The highest BCUT2D eigenvalue weighted by Crippen LogP contribution is 2.30. The van der Waals surface area contributed by atoms with Crippen molar-refractivity contribution < 1.29 is 9.52 Å². The molecule has 1 heterocycles. The topological polar surface area (TPSA) is 46.3 Å². The molecular formula is C15H13NO2S. The van der Waals surface area contributed by atoms with Crippen molar-refractivity contribution in [3.63, 3.8) is 0 Å².